The highest BCUT2D eigenvalue weighted by Gasteiger charge is 2.23. The normalized spacial score (nSPS) is 15.7. The molecule has 1 aliphatic rings. The van der Waals surface area contributed by atoms with E-state index < -0.39 is 0 Å². The molecule has 1 atom stereocenters. The van der Waals surface area contributed by atoms with E-state index in [1.54, 1.807) is 6.92 Å². The lowest BCUT2D eigenvalue weighted by Crippen LogP contribution is -2.37. The van der Waals surface area contributed by atoms with Crippen molar-refractivity contribution < 1.29 is 14.3 Å². The molecule has 1 N–H and O–H groups in total. The molecule has 0 spiro atoms. The van der Waals surface area contributed by atoms with Crippen molar-refractivity contribution in [2.24, 2.45) is 5.92 Å². The molecule has 1 aromatic rings. The topological polar surface area (TPSA) is 47.6 Å². The summed E-state index contributed by atoms with van der Waals surface area (Å²) in [6.07, 6.45) is 2.08. The van der Waals surface area contributed by atoms with Gasteiger partial charge in [0.2, 0.25) is 5.91 Å². The molecular formula is C15H20BrNO3. The lowest BCUT2D eigenvalue weighted by atomic mass is 10.3. The fraction of sp³-hybridized carbons (Fsp3) is 0.533. The van der Waals surface area contributed by atoms with Gasteiger partial charge in [0.05, 0.1) is 13.2 Å². The van der Waals surface area contributed by atoms with Crippen molar-refractivity contribution >= 4 is 21.8 Å². The molecule has 0 heterocycles. The smallest absolute Gasteiger partial charge is 0.248 e. The van der Waals surface area contributed by atoms with Crippen LogP contribution in [0.15, 0.2) is 28.7 Å². The second kappa shape index (κ2) is 7.64. The number of halogens is 1. The van der Waals surface area contributed by atoms with Crippen LogP contribution in [0, 0.1) is 5.92 Å². The molecule has 5 heteroatoms. The minimum Gasteiger partial charge on any atom is -0.492 e. The lowest BCUT2D eigenvalue weighted by molar-refractivity contribution is -0.132. The Bertz CT molecular complexity index is 431. The van der Waals surface area contributed by atoms with Gasteiger partial charge in [-0.05, 0) is 49.9 Å². The summed E-state index contributed by atoms with van der Waals surface area (Å²) >= 11 is 3.37. The van der Waals surface area contributed by atoms with Crippen molar-refractivity contribution in [2.75, 3.05) is 19.8 Å². The fourth-order valence-corrected chi connectivity index (χ4v) is 1.92. The highest BCUT2D eigenvalue weighted by atomic mass is 79.9. The van der Waals surface area contributed by atoms with Crippen molar-refractivity contribution in [3.05, 3.63) is 28.7 Å². The van der Waals surface area contributed by atoms with Crippen molar-refractivity contribution in [1.29, 1.82) is 0 Å². The zero-order valence-corrected chi connectivity index (χ0v) is 13.2. The van der Waals surface area contributed by atoms with E-state index in [4.69, 9.17) is 9.47 Å². The van der Waals surface area contributed by atoms with E-state index in [-0.39, 0.29) is 12.0 Å². The molecule has 1 amide bonds. The molecule has 2 rings (SSSR count). The van der Waals surface area contributed by atoms with Gasteiger partial charge in [0, 0.05) is 4.47 Å². The van der Waals surface area contributed by atoms with Gasteiger partial charge >= 0.3 is 0 Å². The monoisotopic (exact) mass is 341 g/mol. The van der Waals surface area contributed by atoms with Crippen LogP contribution in [0.2, 0.25) is 0 Å². The zero-order chi connectivity index (χ0) is 14.4. The molecule has 1 saturated carbocycles. The number of hydrogen-bond acceptors (Lipinski definition) is 3. The van der Waals surface area contributed by atoms with Crippen LogP contribution in [0.1, 0.15) is 19.8 Å². The SMILES string of the molecule is CC(OCC1CC1)C(=O)NCCOc1ccc(Br)cc1. The average molecular weight is 342 g/mol. The van der Waals surface area contributed by atoms with E-state index >= 15 is 0 Å². The second-order valence-corrected chi connectivity index (χ2v) is 5.93. The molecule has 0 aromatic heterocycles. The summed E-state index contributed by atoms with van der Waals surface area (Å²) in [4.78, 5) is 11.7. The van der Waals surface area contributed by atoms with Gasteiger partial charge < -0.3 is 14.8 Å². The maximum Gasteiger partial charge on any atom is 0.248 e. The molecule has 1 aliphatic carbocycles. The van der Waals surface area contributed by atoms with Gasteiger partial charge in [-0.15, -0.1) is 0 Å². The first-order chi connectivity index (χ1) is 9.65. The van der Waals surface area contributed by atoms with E-state index in [1.807, 2.05) is 24.3 Å². The largest absolute Gasteiger partial charge is 0.492 e. The van der Waals surface area contributed by atoms with Crippen LogP contribution in [0.4, 0.5) is 0 Å². The Hall–Kier alpha value is -1.07. The van der Waals surface area contributed by atoms with E-state index in [1.165, 1.54) is 12.8 Å². The molecular weight excluding hydrogens is 322 g/mol. The zero-order valence-electron chi connectivity index (χ0n) is 11.6. The number of amides is 1. The Balaban J connectivity index is 1.57. The predicted molar refractivity (Wildman–Crippen MR) is 80.8 cm³/mol. The van der Waals surface area contributed by atoms with Crippen molar-refractivity contribution in [2.45, 2.75) is 25.9 Å². The molecule has 1 aromatic carbocycles. The number of carbonyl (C=O) groups is 1. The quantitative estimate of drug-likeness (QED) is 0.739. The van der Waals surface area contributed by atoms with E-state index in [0.29, 0.717) is 25.7 Å². The number of carbonyl (C=O) groups excluding carboxylic acids is 1. The summed E-state index contributed by atoms with van der Waals surface area (Å²) in [6, 6.07) is 7.60. The third-order valence-electron chi connectivity index (χ3n) is 3.13. The van der Waals surface area contributed by atoms with E-state index in [0.717, 1.165) is 10.2 Å². The van der Waals surface area contributed by atoms with Gasteiger partial charge in [0.25, 0.3) is 0 Å². The first-order valence-corrected chi connectivity index (χ1v) is 7.72. The van der Waals surface area contributed by atoms with Crippen LogP contribution in [0.25, 0.3) is 0 Å². The predicted octanol–water partition coefficient (Wildman–Crippen LogP) is 2.76. The standard InChI is InChI=1S/C15H20BrNO3/c1-11(20-10-12-2-3-12)15(18)17-8-9-19-14-6-4-13(16)5-7-14/h4-7,11-12H,2-3,8-10H2,1H3,(H,17,18). The van der Waals surface area contributed by atoms with Crippen molar-refractivity contribution in [3.63, 3.8) is 0 Å². The first-order valence-electron chi connectivity index (χ1n) is 6.93. The van der Waals surface area contributed by atoms with Crippen LogP contribution in [-0.2, 0) is 9.53 Å². The average Bonchev–Trinajstić information content (AvgIpc) is 3.27. The number of benzene rings is 1. The Labute approximate surface area is 128 Å². The number of hydrogen-bond donors (Lipinski definition) is 1. The Morgan fingerprint density at radius 3 is 2.75 bits per heavy atom. The van der Waals surface area contributed by atoms with Crippen LogP contribution in [0.3, 0.4) is 0 Å². The molecule has 1 fully saturated rings. The Kier molecular flexibility index (Phi) is 5.86. The summed E-state index contributed by atoms with van der Waals surface area (Å²) < 4.78 is 12.0. The molecule has 4 nitrogen and oxygen atoms in total. The van der Waals surface area contributed by atoms with E-state index in [9.17, 15) is 4.79 Å². The second-order valence-electron chi connectivity index (χ2n) is 5.01. The summed E-state index contributed by atoms with van der Waals surface area (Å²) in [7, 11) is 0. The van der Waals surface area contributed by atoms with Crippen molar-refractivity contribution in [3.8, 4) is 5.75 Å². The van der Waals surface area contributed by atoms with Crippen LogP contribution in [0.5, 0.6) is 5.75 Å². The highest BCUT2D eigenvalue weighted by molar-refractivity contribution is 9.10. The van der Waals surface area contributed by atoms with Crippen LogP contribution in [-0.4, -0.2) is 31.8 Å². The summed E-state index contributed by atoms with van der Waals surface area (Å²) in [5.74, 6) is 1.39. The lowest BCUT2D eigenvalue weighted by Gasteiger charge is -2.13. The van der Waals surface area contributed by atoms with Crippen LogP contribution < -0.4 is 10.1 Å². The van der Waals surface area contributed by atoms with Crippen LogP contribution >= 0.6 is 15.9 Å². The summed E-state index contributed by atoms with van der Waals surface area (Å²) in [6.45, 7) is 3.41. The van der Waals surface area contributed by atoms with Gasteiger partial charge in [-0.3, -0.25) is 4.79 Å². The molecule has 0 saturated heterocycles. The molecule has 0 aliphatic heterocycles. The fourth-order valence-electron chi connectivity index (χ4n) is 1.66. The Morgan fingerprint density at radius 2 is 2.10 bits per heavy atom. The maximum atomic E-state index is 11.7. The molecule has 20 heavy (non-hydrogen) atoms. The number of nitrogens with one attached hydrogen (secondary N) is 1. The van der Waals surface area contributed by atoms with Gasteiger partial charge in [-0.25, -0.2) is 0 Å². The molecule has 1 unspecified atom stereocenters. The number of ether oxygens (including phenoxy) is 2. The minimum absolute atomic E-state index is 0.0787. The van der Waals surface area contributed by atoms with E-state index in [2.05, 4.69) is 21.2 Å². The summed E-state index contributed by atoms with van der Waals surface area (Å²) in [5.41, 5.74) is 0. The Morgan fingerprint density at radius 1 is 1.40 bits per heavy atom. The van der Waals surface area contributed by atoms with Gasteiger partial charge in [0.15, 0.2) is 0 Å². The molecule has 0 bridgehead atoms. The molecule has 0 radical (unpaired) electrons. The molecule has 110 valence electrons. The minimum atomic E-state index is -0.386. The highest BCUT2D eigenvalue weighted by Crippen LogP contribution is 2.29. The van der Waals surface area contributed by atoms with Crippen molar-refractivity contribution in [1.82, 2.24) is 5.32 Å². The van der Waals surface area contributed by atoms with Gasteiger partial charge in [-0.2, -0.15) is 0 Å². The number of rotatable bonds is 8. The van der Waals surface area contributed by atoms with Gasteiger partial charge in [0.1, 0.15) is 18.5 Å². The maximum absolute atomic E-state index is 11.7. The summed E-state index contributed by atoms with van der Waals surface area (Å²) in [5, 5.41) is 2.81. The third-order valence-corrected chi connectivity index (χ3v) is 3.66. The third kappa shape index (κ3) is 5.51. The first kappa shape index (κ1) is 15.3. The van der Waals surface area contributed by atoms with Gasteiger partial charge in [-0.1, -0.05) is 15.9 Å².